The van der Waals surface area contributed by atoms with E-state index in [9.17, 15) is 8.42 Å². The normalized spacial score (nSPS) is 13.3. The van der Waals surface area contributed by atoms with Gasteiger partial charge in [0.15, 0.2) is 0 Å². The van der Waals surface area contributed by atoms with E-state index < -0.39 is 9.84 Å². The quantitative estimate of drug-likeness (QED) is 0.914. The van der Waals surface area contributed by atoms with E-state index in [1.165, 1.54) is 12.6 Å². The summed E-state index contributed by atoms with van der Waals surface area (Å²) in [5.41, 5.74) is 1.98. The average molecular weight is 293 g/mol. The first kappa shape index (κ1) is 14.7. The van der Waals surface area contributed by atoms with Gasteiger partial charge in [0.1, 0.15) is 22.0 Å². The van der Waals surface area contributed by atoms with Crippen molar-refractivity contribution in [1.29, 1.82) is 0 Å². The minimum atomic E-state index is -2.93. The molecule has 0 aliphatic carbocycles. The predicted octanol–water partition coefficient (Wildman–Crippen LogP) is 2.17. The van der Waals surface area contributed by atoms with Crippen molar-refractivity contribution in [1.82, 2.24) is 9.97 Å². The molecule has 2 aromatic rings. The zero-order chi connectivity index (χ0) is 14.8. The Balaban J connectivity index is 2.21. The van der Waals surface area contributed by atoms with Crippen LogP contribution in [0.1, 0.15) is 18.9 Å². The van der Waals surface area contributed by atoms with E-state index in [1.807, 2.05) is 32.0 Å². The first-order valence-electron chi connectivity index (χ1n) is 6.51. The fourth-order valence-corrected chi connectivity index (χ4v) is 2.87. The molecule has 5 nitrogen and oxygen atoms in total. The standard InChI is InChI=1S/C14H19N3O2S/c1-10-5-4-6-12-13(10)14(16-9-15-12)17-11(2)7-8-20(3,18)19/h4-6,9,11H,7-8H2,1-3H3,(H,15,16,17). The van der Waals surface area contributed by atoms with Gasteiger partial charge in [-0.05, 0) is 31.9 Å². The van der Waals surface area contributed by atoms with Crippen molar-refractivity contribution in [3.63, 3.8) is 0 Å². The average Bonchev–Trinajstić information content (AvgIpc) is 2.36. The van der Waals surface area contributed by atoms with Crippen LogP contribution in [0, 0.1) is 6.92 Å². The Bertz CT molecular complexity index is 708. The molecule has 0 radical (unpaired) electrons. The van der Waals surface area contributed by atoms with Crippen molar-refractivity contribution in [2.45, 2.75) is 26.3 Å². The highest BCUT2D eigenvalue weighted by Gasteiger charge is 2.11. The Morgan fingerprint density at radius 1 is 1.30 bits per heavy atom. The van der Waals surface area contributed by atoms with E-state index in [4.69, 9.17) is 0 Å². The first-order valence-corrected chi connectivity index (χ1v) is 8.57. The molecule has 0 amide bonds. The summed E-state index contributed by atoms with van der Waals surface area (Å²) in [6.45, 7) is 3.97. The van der Waals surface area contributed by atoms with Gasteiger partial charge in [-0.2, -0.15) is 0 Å². The fourth-order valence-electron chi connectivity index (χ4n) is 2.09. The SMILES string of the molecule is Cc1cccc2ncnc(NC(C)CCS(C)(=O)=O)c12. The zero-order valence-electron chi connectivity index (χ0n) is 11.9. The third-order valence-corrected chi connectivity index (χ3v) is 4.15. The monoisotopic (exact) mass is 293 g/mol. The van der Waals surface area contributed by atoms with Crippen LogP contribution in [-0.4, -0.2) is 36.4 Å². The molecule has 1 aromatic heterocycles. The molecule has 0 saturated carbocycles. The molecular formula is C14H19N3O2S. The highest BCUT2D eigenvalue weighted by Crippen LogP contribution is 2.23. The first-order chi connectivity index (χ1) is 9.37. The van der Waals surface area contributed by atoms with Crippen LogP contribution in [0.3, 0.4) is 0 Å². The molecule has 0 aliphatic rings. The molecule has 0 saturated heterocycles. The van der Waals surface area contributed by atoms with Crippen LogP contribution < -0.4 is 5.32 Å². The van der Waals surface area contributed by atoms with Crippen LogP contribution >= 0.6 is 0 Å². The minimum Gasteiger partial charge on any atom is -0.367 e. The molecule has 108 valence electrons. The second-order valence-corrected chi connectivity index (χ2v) is 7.42. The smallest absolute Gasteiger partial charge is 0.147 e. The summed E-state index contributed by atoms with van der Waals surface area (Å²) in [5.74, 6) is 0.928. The molecule has 1 heterocycles. The Kier molecular flexibility index (Phi) is 4.23. The van der Waals surface area contributed by atoms with Crippen LogP contribution in [0.5, 0.6) is 0 Å². The van der Waals surface area contributed by atoms with Gasteiger partial charge in [0, 0.05) is 17.7 Å². The van der Waals surface area contributed by atoms with E-state index in [1.54, 1.807) is 0 Å². The Morgan fingerprint density at radius 3 is 2.75 bits per heavy atom. The van der Waals surface area contributed by atoms with Crippen LogP contribution in [0.4, 0.5) is 5.82 Å². The molecule has 1 unspecified atom stereocenters. The second kappa shape index (κ2) is 5.75. The lowest BCUT2D eigenvalue weighted by Gasteiger charge is -2.16. The van der Waals surface area contributed by atoms with Crippen molar-refractivity contribution in [3.05, 3.63) is 30.1 Å². The van der Waals surface area contributed by atoms with Crippen LogP contribution in [-0.2, 0) is 9.84 Å². The molecule has 1 N–H and O–H groups in total. The number of rotatable bonds is 5. The second-order valence-electron chi connectivity index (χ2n) is 5.16. The molecule has 0 spiro atoms. The van der Waals surface area contributed by atoms with E-state index in [-0.39, 0.29) is 11.8 Å². The van der Waals surface area contributed by atoms with Gasteiger partial charge in [-0.1, -0.05) is 12.1 Å². The zero-order valence-corrected chi connectivity index (χ0v) is 12.7. The number of aromatic nitrogens is 2. The highest BCUT2D eigenvalue weighted by molar-refractivity contribution is 7.90. The van der Waals surface area contributed by atoms with Gasteiger partial charge in [0.25, 0.3) is 0 Å². The van der Waals surface area contributed by atoms with Crippen LogP contribution in [0.25, 0.3) is 10.9 Å². The van der Waals surface area contributed by atoms with E-state index >= 15 is 0 Å². The maximum Gasteiger partial charge on any atom is 0.147 e. The number of fused-ring (bicyclic) bond motifs is 1. The molecule has 2 rings (SSSR count). The Labute approximate surface area is 119 Å². The lowest BCUT2D eigenvalue weighted by atomic mass is 10.1. The van der Waals surface area contributed by atoms with Crippen molar-refractivity contribution >= 4 is 26.6 Å². The molecule has 6 heteroatoms. The van der Waals surface area contributed by atoms with Gasteiger partial charge < -0.3 is 5.32 Å². The summed E-state index contributed by atoms with van der Waals surface area (Å²) in [5, 5.41) is 4.27. The molecule has 0 fully saturated rings. The number of nitrogens with zero attached hydrogens (tertiary/aromatic N) is 2. The summed E-state index contributed by atoms with van der Waals surface area (Å²) in [6.07, 6.45) is 3.33. The lowest BCUT2D eigenvalue weighted by Crippen LogP contribution is -2.20. The molecule has 0 bridgehead atoms. The van der Waals surface area contributed by atoms with Gasteiger partial charge in [-0.25, -0.2) is 18.4 Å². The summed E-state index contributed by atoms with van der Waals surface area (Å²) >= 11 is 0. The third kappa shape index (κ3) is 3.66. The Morgan fingerprint density at radius 2 is 2.05 bits per heavy atom. The van der Waals surface area contributed by atoms with Gasteiger partial charge >= 0.3 is 0 Å². The summed E-state index contributed by atoms with van der Waals surface area (Å²) in [7, 11) is -2.93. The summed E-state index contributed by atoms with van der Waals surface area (Å²) in [6, 6.07) is 5.94. The summed E-state index contributed by atoms with van der Waals surface area (Å²) in [4.78, 5) is 8.53. The van der Waals surface area contributed by atoms with Crippen LogP contribution in [0.2, 0.25) is 0 Å². The van der Waals surface area contributed by atoms with E-state index in [2.05, 4.69) is 15.3 Å². The maximum absolute atomic E-state index is 11.2. The number of aryl methyl sites for hydroxylation is 1. The predicted molar refractivity (Wildman–Crippen MR) is 81.7 cm³/mol. The highest BCUT2D eigenvalue weighted by atomic mass is 32.2. The molecule has 1 aromatic carbocycles. The topological polar surface area (TPSA) is 72.0 Å². The lowest BCUT2D eigenvalue weighted by molar-refractivity contribution is 0.595. The fraction of sp³-hybridized carbons (Fsp3) is 0.429. The molecule has 1 atom stereocenters. The number of hydrogen-bond donors (Lipinski definition) is 1. The number of sulfone groups is 1. The van der Waals surface area contributed by atoms with Crippen molar-refractivity contribution in [2.24, 2.45) is 0 Å². The number of benzene rings is 1. The number of nitrogens with one attached hydrogen (secondary N) is 1. The summed E-state index contributed by atoms with van der Waals surface area (Å²) < 4.78 is 22.4. The van der Waals surface area contributed by atoms with Gasteiger partial charge in [-0.15, -0.1) is 0 Å². The van der Waals surface area contributed by atoms with Crippen molar-refractivity contribution in [3.8, 4) is 0 Å². The molecular weight excluding hydrogens is 274 g/mol. The third-order valence-electron chi connectivity index (χ3n) is 3.18. The number of hydrogen-bond acceptors (Lipinski definition) is 5. The van der Waals surface area contributed by atoms with Gasteiger partial charge in [0.2, 0.25) is 0 Å². The molecule has 0 aliphatic heterocycles. The maximum atomic E-state index is 11.2. The molecule has 20 heavy (non-hydrogen) atoms. The van der Waals surface area contributed by atoms with Crippen molar-refractivity contribution < 1.29 is 8.42 Å². The van der Waals surface area contributed by atoms with E-state index in [0.717, 1.165) is 22.3 Å². The van der Waals surface area contributed by atoms with Gasteiger partial charge in [0.05, 0.1) is 11.3 Å². The van der Waals surface area contributed by atoms with Gasteiger partial charge in [-0.3, -0.25) is 0 Å². The Hall–Kier alpha value is -1.69. The van der Waals surface area contributed by atoms with Crippen LogP contribution in [0.15, 0.2) is 24.5 Å². The van der Waals surface area contributed by atoms with E-state index in [0.29, 0.717) is 6.42 Å². The largest absolute Gasteiger partial charge is 0.367 e. The van der Waals surface area contributed by atoms with Crippen molar-refractivity contribution in [2.75, 3.05) is 17.3 Å². The minimum absolute atomic E-state index is 0.0300. The number of anilines is 1.